The van der Waals surface area contributed by atoms with Crippen molar-refractivity contribution in [2.75, 3.05) is 33.8 Å². The van der Waals surface area contributed by atoms with Gasteiger partial charge in [0.2, 0.25) is 5.91 Å². The van der Waals surface area contributed by atoms with Crippen LogP contribution in [0, 0.1) is 0 Å². The van der Waals surface area contributed by atoms with Crippen LogP contribution in [0.2, 0.25) is 0 Å². The summed E-state index contributed by atoms with van der Waals surface area (Å²) >= 11 is 0. The second-order valence-electron chi connectivity index (χ2n) is 6.40. The Hall–Kier alpha value is -2.31. The van der Waals surface area contributed by atoms with Gasteiger partial charge in [-0.1, -0.05) is 25.1 Å². The van der Waals surface area contributed by atoms with Gasteiger partial charge in [0.15, 0.2) is 0 Å². The SMILES string of the molecule is CCCN(CC(=O)O)CC(=O)N(C)Cc1ccc2cc(OC)ccc2c1.Cl. The Morgan fingerprint density at radius 3 is 2.37 bits per heavy atom. The minimum atomic E-state index is -0.918. The summed E-state index contributed by atoms with van der Waals surface area (Å²) in [6.45, 7) is 3.03. The van der Waals surface area contributed by atoms with Gasteiger partial charge in [0.05, 0.1) is 20.2 Å². The van der Waals surface area contributed by atoms with Gasteiger partial charge in [-0.25, -0.2) is 0 Å². The number of aliphatic carboxylic acids is 1. The number of carbonyl (C=O) groups is 2. The summed E-state index contributed by atoms with van der Waals surface area (Å²) in [5.41, 5.74) is 1.03. The molecule has 0 saturated carbocycles. The van der Waals surface area contributed by atoms with Crippen LogP contribution in [-0.2, 0) is 16.1 Å². The first kappa shape index (κ1) is 22.7. The highest BCUT2D eigenvalue weighted by Crippen LogP contribution is 2.22. The largest absolute Gasteiger partial charge is 0.497 e. The molecule has 7 heteroatoms. The lowest BCUT2D eigenvalue weighted by Gasteiger charge is -2.23. The van der Waals surface area contributed by atoms with Crippen LogP contribution >= 0.6 is 12.4 Å². The van der Waals surface area contributed by atoms with E-state index in [1.807, 2.05) is 37.3 Å². The first-order valence-electron chi connectivity index (χ1n) is 8.67. The van der Waals surface area contributed by atoms with Crippen LogP contribution in [0.5, 0.6) is 5.75 Å². The lowest BCUT2D eigenvalue weighted by Crippen LogP contribution is -2.40. The smallest absolute Gasteiger partial charge is 0.317 e. The number of nitrogens with zero attached hydrogens (tertiary/aromatic N) is 2. The molecule has 1 N–H and O–H groups in total. The first-order valence-corrected chi connectivity index (χ1v) is 8.67. The van der Waals surface area contributed by atoms with Crippen molar-refractivity contribution in [3.05, 3.63) is 42.0 Å². The molecule has 0 aliphatic carbocycles. The number of likely N-dealkylation sites (N-methyl/N-ethyl adjacent to an activating group) is 1. The summed E-state index contributed by atoms with van der Waals surface area (Å²) < 4.78 is 5.23. The number of methoxy groups -OCH3 is 1. The fourth-order valence-corrected chi connectivity index (χ4v) is 2.89. The van der Waals surface area contributed by atoms with Gasteiger partial charge in [0, 0.05) is 13.6 Å². The van der Waals surface area contributed by atoms with Gasteiger partial charge < -0.3 is 14.7 Å². The summed E-state index contributed by atoms with van der Waals surface area (Å²) in [4.78, 5) is 26.7. The monoisotopic (exact) mass is 394 g/mol. The summed E-state index contributed by atoms with van der Waals surface area (Å²) in [5, 5.41) is 11.1. The number of benzene rings is 2. The number of carboxylic acids is 1. The summed E-state index contributed by atoms with van der Waals surface area (Å²) in [5.74, 6) is -0.194. The zero-order chi connectivity index (χ0) is 19.1. The predicted octanol–water partition coefficient (Wildman–Crippen LogP) is 3.03. The van der Waals surface area contributed by atoms with Gasteiger partial charge in [0.1, 0.15) is 5.75 Å². The molecule has 0 saturated heterocycles. The van der Waals surface area contributed by atoms with Crippen LogP contribution < -0.4 is 4.74 Å². The number of fused-ring (bicyclic) bond motifs is 1. The number of carboxylic acid groups (broad SMARTS) is 1. The number of hydrogen-bond donors (Lipinski definition) is 1. The molecule has 0 aliphatic rings. The highest BCUT2D eigenvalue weighted by Gasteiger charge is 2.16. The molecule has 2 aromatic carbocycles. The van der Waals surface area contributed by atoms with Crippen LogP contribution in [0.4, 0.5) is 0 Å². The van der Waals surface area contributed by atoms with Gasteiger partial charge in [-0.3, -0.25) is 14.5 Å². The van der Waals surface area contributed by atoms with Gasteiger partial charge in [-0.15, -0.1) is 12.4 Å². The Bertz CT molecular complexity index is 782. The highest BCUT2D eigenvalue weighted by molar-refractivity contribution is 5.85. The molecule has 27 heavy (non-hydrogen) atoms. The van der Waals surface area contributed by atoms with Gasteiger partial charge in [0.25, 0.3) is 0 Å². The zero-order valence-corrected chi connectivity index (χ0v) is 16.8. The molecular weight excluding hydrogens is 368 g/mol. The maximum atomic E-state index is 12.4. The fraction of sp³-hybridized carbons (Fsp3) is 0.400. The molecule has 2 rings (SSSR count). The Kier molecular flexibility index (Phi) is 9.05. The van der Waals surface area contributed by atoms with Crippen molar-refractivity contribution in [3.63, 3.8) is 0 Å². The number of ether oxygens (including phenoxy) is 1. The van der Waals surface area contributed by atoms with E-state index in [1.54, 1.807) is 24.0 Å². The molecule has 148 valence electrons. The van der Waals surface area contributed by atoms with Gasteiger partial charge >= 0.3 is 5.97 Å². The molecular formula is C20H27ClN2O4. The van der Waals surface area contributed by atoms with Crippen molar-refractivity contribution >= 4 is 35.1 Å². The van der Waals surface area contributed by atoms with E-state index in [-0.39, 0.29) is 31.4 Å². The van der Waals surface area contributed by atoms with E-state index in [0.717, 1.165) is 28.5 Å². The molecule has 0 radical (unpaired) electrons. The number of amides is 1. The second-order valence-corrected chi connectivity index (χ2v) is 6.40. The maximum Gasteiger partial charge on any atom is 0.317 e. The average Bonchev–Trinajstić information content (AvgIpc) is 2.60. The number of carbonyl (C=O) groups excluding carboxylic acids is 1. The Balaban J connectivity index is 0.00000364. The highest BCUT2D eigenvalue weighted by atomic mass is 35.5. The van der Waals surface area contributed by atoms with E-state index in [1.165, 1.54) is 0 Å². The Labute approximate surface area is 166 Å². The normalized spacial score (nSPS) is 10.5. The standard InChI is InChI=1S/C20H26N2O4.ClH/c1-4-9-22(14-20(24)25)13-19(23)21(2)12-15-5-6-17-11-18(26-3)8-7-16(17)10-15;/h5-8,10-11H,4,9,12-14H2,1-3H3,(H,24,25);1H. The van der Waals surface area contributed by atoms with E-state index in [0.29, 0.717) is 13.1 Å². The van der Waals surface area contributed by atoms with Crippen LogP contribution in [0.25, 0.3) is 10.8 Å². The van der Waals surface area contributed by atoms with Crippen molar-refractivity contribution < 1.29 is 19.4 Å². The quantitative estimate of drug-likeness (QED) is 0.707. The lowest BCUT2D eigenvalue weighted by molar-refractivity contribution is -0.139. The van der Waals surface area contributed by atoms with E-state index in [9.17, 15) is 9.59 Å². The number of hydrogen-bond acceptors (Lipinski definition) is 4. The number of halogens is 1. The predicted molar refractivity (Wildman–Crippen MR) is 109 cm³/mol. The molecule has 0 aliphatic heterocycles. The van der Waals surface area contributed by atoms with Crippen LogP contribution in [-0.4, -0.2) is 60.6 Å². The second kappa shape index (κ2) is 10.7. The molecule has 0 aromatic heterocycles. The van der Waals surface area contributed by atoms with Crippen molar-refractivity contribution in [1.29, 1.82) is 0 Å². The molecule has 0 heterocycles. The van der Waals surface area contributed by atoms with Gasteiger partial charge in [-0.2, -0.15) is 0 Å². The Morgan fingerprint density at radius 2 is 1.74 bits per heavy atom. The van der Waals surface area contributed by atoms with Crippen LogP contribution in [0.15, 0.2) is 36.4 Å². The van der Waals surface area contributed by atoms with Crippen molar-refractivity contribution in [2.45, 2.75) is 19.9 Å². The summed E-state index contributed by atoms with van der Waals surface area (Å²) in [6, 6.07) is 11.9. The first-order chi connectivity index (χ1) is 12.4. The van der Waals surface area contributed by atoms with E-state index < -0.39 is 5.97 Å². The van der Waals surface area contributed by atoms with Crippen LogP contribution in [0.3, 0.4) is 0 Å². The van der Waals surface area contributed by atoms with E-state index in [2.05, 4.69) is 6.07 Å². The third kappa shape index (κ3) is 6.73. The average molecular weight is 395 g/mol. The van der Waals surface area contributed by atoms with Crippen molar-refractivity contribution in [1.82, 2.24) is 9.80 Å². The molecule has 1 amide bonds. The third-order valence-electron chi connectivity index (χ3n) is 4.21. The molecule has 0 atom stereocenters. The molecule has 0 fully saturated rings. The summed E-state index contributed by atoms with van der Waals surface area (Å²) in [6.07, 6.45) is 0.804. The zero-order valence-electron chi connectivity index (χ0n) is 16.0. The lowest BCUT2D eigenvalue weighted by atomic mass is 10.1. The topological polar surface area (TPSA) is 70.1 Å². The van der Waals surface area contributed by atoms with Crippen molar-refractivity contribution in [3.8, 4) is 5.75 Å². The minimum absolute atomic E-state index is 0. The number of rotatable bonds is 9. The Morgan fingerprint density at radius 1 is 1.07 bits per heavy atom. The van der Waals surface area contributed by atoms with E-state index >= 15 is 0 Å². The fourth-order valence-electron chi connectivity index (χ4n) is 2.89. The minimum Gasteiger partial charge on any atom is -0.497 e. The third-order valence-corrected chi connectivity index (χ3v) is 4.21. The molecule has 0 unspecified atom stereocenters. The molecule has 2 aromatic rings. The van der Waals surface area contributed by atoms with E-state index in [4.69, 9.17) is 9.84 Å². The van der Waals surface area contributed by atoms with Gasteiger partial charge in [-0.05, 0) is 47.5 Å². The maximum absolute atomic E-state index is 12.4. The van der Waals surface area contributed by atoms with Crippen molar-refractivity contribution in [2.24, 2.45) is 0 Å². The molecule has 6 nitrogen and oxygen atoms in total. The summed E-state index contributed by atoms with van der Waals surface area (Å²) in [7, 11) is 3.38. The molecule has 0 spiro atoms. The van der Waals surface area contributed by atoms with Crippen LogP contribution in [0.1, 0.15) is 18.9 Å². The molecule has 0 bridgehead atoms.